The first-order chi connectivity index (χ1) is 7.75. The Bertz CT molecular complexity index is 388. The largest absolute Gasteiger partial charge is 0.397 e. The SMILES string of the molecule is Nc1cnsc1C12CC3CC(CC(C3)C1)C2. The molecule has 4 aliphatic carbocycles. The smallest absolute Gasteiger partial charge is 0.0665 e. The van der Waals surface area contributed by atoms with E-state index in [1.54, 1.807) is 11.5 Å². The van der Waals surface area contributed by atoms with Crippen LogP contribution in [-0.2, 0) is 5.41 Å². The van der Waals surface area contributed by atoms with Crippen LogP contribution in [0.3, 0.4) is 0 Å². The molecule has 0 unspecified atom stereocenters. The van der Waals surface area contributed by atoms with Crippen LogP contribution < -0.4 is 5.73 Å². The summed E-state index contributed by atoms with van der Waals surface area (Å²) >= 11 is 1.66. The highest BCUT2D eigenvalue weighted by Crippen LogP contribution is 2.61. The Hall–Kier alpha value is -0.570. The molecule has 0 saturated heterocycles. The second-order valence-corrected chi connectivity index (χ2v) is 7.11. The molecule has 2 N–H and O–H groups in total. The molecule has 16 heavy (non-hydrogen) atoms. The molecule has 2 nitrogen and oxygen atoms in total. The Morgan fingerprint density at radius 1 is 1.12 bits per heavy atom. The normalized spacial score (nSPS) is 45.1. The fourth-order valence-electron chi connectivity index (χ4n) is 5.04. The number of hydrogen-bond acceptors (Lipinski definition) is 3. The van der Waals surface area contributed by atoms with Crippen LogP contribution in [0.4, 0.5) is 5.69 Å². The fraction of sp³-hybridized carbons (Fsp3) is 0.769. The van der Waals surface area contributed by atoms with Gasteiger partial charge in [-0.05, 0) is 67.8 Å². The summed E-state index contributed by atoms with van der Waals surface area (Å²) in [5, 5.41) is 0. The second kappa shape index (κ2) is 3.00. The molecule has 86 valence electrons. The summed E-state index contributed by atoms with van der Waals surface area (Å²) < 4.78 is 4.30. The molecule has 1 aromatic heterocycles. The van der Waals surface area contributed by atoms with Gasteiger partial charge in [0.2, 0.25) is 0 Å². The first-order valence-corrected chi connectivity index (χ1v) is 7.23. The van der Waals surface area contributed by atoms with E-state index in [0.717, 1.165) is 23.4 Å². The van der Waals surface area contributed by atoms with Gasteiger partial charge in [-0.2, -0.15) is 4.37 Å². The number of anilines is 1. The summed E-state index contributed by atoms with van der Waals surface area (Å²) in [5.74, 6) is 2.98. The molecule has 4 bridgehead atoms. The van der Waals surface area contributed by atoms with Gasteiger partial charge >= 0.3 is 0 Å². The second-order valence-electron chi connectivity index (χ2n) is 6.31. The van der Waals surface area contributed by atoms with Gasteiger partial charge in [0, 0.05) is 5.41 Å². The van der Waals surface area contributed by atoms with Crippen LogP contribution in [-0.4, -0.2) is 4.37 Å². The number of aromatic nitrogens is 1. The molecule has 4 fully saturated rings. The van der Waals surface area contributed by atoms with Crippen molar-refractivity contribution >= 4 is 17.2 Å². The third kappa shape index (κ3) is 1.15. The number of nitrogens with zero attached hydrogens (tertiary/aromatic N) is 1. The fourth-order valence-corrected chi connectivity index (χ4v) is 5.91. The van der Waals surface area contributed by atoms with Crippen molar-refractivity contribution in [3.8, 4) is 0 Å². The maximum atomic E-state index is 6.11. The van der Waals surface area contributed by atoms with E-state index in [-0.39, 0.29) is 0 Å². The van der Waals surface area contributed by atoms with E-state index >= 15 is 0 Å². The molecule has 1 aromatic rings. The van der Waals surface area contributed by atoms with Crippen molar-refractivity contribution in [1.29, 1.82) is 0 Å². The zero-order chi connectivity index (χ0) is 10.8. The van der Waals surface area contributed by atoms with E-state index in [1.165, 1.54) is 43.4 Å². The third-order valence-corrected chi connectivity index (χ3v) is 6.18. The zero-order valence-corrected chi connectivity index (χ0v) is 10.3. The van der Waals surface area contributed by atoms with Gasteiger partial charge < -0.3 is 5.73 Å². The van der Waals surface area contributed by atoms with Crippen molar-refractivity contribution in [3.63, 3.8) is 0 Å². The molecule has 0 aromatic carbocycles. The van der Waals surface area contributed by atoms with Crippen molar-refractivity contribution in [2.45, 2.75) is 43.9 Å². The Balaban J connectivity index is 1.79. The molecule has 0 atom stereocenters. The topological polar surface area (TPSA) is 38.9 Å². The Morgan fingerprint density at radius 3 is 2.12 bits per heavy atom. The minimum absolute atomic E-state index is 0.444. The van der Waals surface area contributed by atoms with Crippen LogP contribution in [0, 0.1) is 17.8 Å². The zero-order valence-electron chi connectivity index (χ0n) is 9.48. The molecule has 0 amide bonds. The highest BCUT2D eigenvalue weighted by atomic mass is 32.1. The van der Waals surface area contributed by atoms with Crippen LogP contribution in [0.15, 0.2) is 6.20 Å². The van der Waals surface area contributed by atoms with Gasteiger partial charge in [0.1, 0.15) is 0 Å². The van der Waals surface area contributed by atoms with E-state index in [9.17, 15) is 0 Å². The van der Waals surface area contributed by atoms with Gasteiger partial charge in [0.15, 0.2) is 0 Å². The highest BCUT2D eigenvalue weighted by molar-refractivity contribution is 7.06. The van der Waals surface area contributed by atoms with Crippen LogP contribution in [0.1, 0.15) is 43.4 Å². The van der Waals surface area contributed by atoms with Crippen molar-refractivity contribution in [1.82, 2.24) is 4.37 Å². The lowest BCUT2D eigenvalue weighted by molar-refractivity contribution is -0.00315. The standard InChI is InChI=1S/C13H18N2S/c14-11-7-15-16-12(11)13-4-8-1-9(5-13)3-10(2-8)6-13/h7-10H,1-6,14H2. The van der Waals surface area contributed by atoms with Crippen LogP contribution in [0.5, 0.6) is 0 Å². The van der Waals surface area contributed by atoms with Crippen LogP contribution >= 0.6 is 11.5 Å². The van der Waals surface area contributed by atoms with E-state index < -0.39 is 0 Å². The maximum Gasteiger partial charge on any atom is 0.0665 e. The summed E-state index contributed by atoms with van der Waals surface area (Å²) in [5.41, 5.74) is 7.52. The van der Waals surface area contributed by atoms with Crippen molar-refractivity contribution in [3.05, 3.63) is 11.1 Å². The number of rotatable bonds is 1. The maximum absolute atomic E-state index is 6.11. The van der Waals surface area contributed by atoms with E-state index in [1.807, 2.05) is 6.20 Å². The molecule has 0 spiro atoms. The van der Waals surface area contributed by atoms with Crippen molar-refractivity contribution in [2.24, 2.45) is 17.8 Å². The first kappa shape index (κ1) is 9.46. The van der Waals surface area contributed by atoms with Gasteiger partial charge in [0.25, 0.3) is 0 Å². The summed E-state index contributed by atoms with van der Waals surface area (Å²) in [4.78, 5) is 1.42. The van der Waals surface area contributed by atoms with Crippen LogP contribution in [0.25, 0.3) is 0 Å². The molecular formula is C13H18N2S. The van der Waals surface area contributed by atoms with Gasteiger partial charge in [-0.3, -0.25) is 0 Å². The van der Waals surface area contributed by atoms with Crippen molar-refractivity contribution < 1.29 is 0 Å². The molecule has 1 heterocycles. The van der Waals surface area contributed by atoms with Gasteiger partial charge in [-0.1, -0.05) is 0 Å². The molecule has 3 heteroatoms. The summed E-state index contributed by atoms with van der Waals surface area (Å²) in [6.45, 7) is 0. The predicted octanol–water partition coefficient (Wildman–Crippen LogP) is 3.19. The highest BCUT2D eigenvalue weighted by Gasteiger charge is 2.52. The number of nitrogens with two attached hydrogens (primary N) is 1. The predicted molar refractivity (Wildman–Crippen MR) is 66.4 cm³/mol. The Kier molecular flexibility index (Phi) is 1.78. The van der Waals surface area contributed by atoms with E-state index in [2.05, 4.69) is 4.37 Å². The number of hydrogen-bond donors (Lipinski definition) is 1. The van der Waals surface area contributed by atoms with Crippen LogP contribution in [0.2, 0.25) is 0 Å². The van der Waals surface area contributed by atoms with E-state index in [0.29, 0.717) is 5.41 Å². The van der Waals surface area contributed by atoms with Gasteiger partial charge in [-0.25, -0.2) is 0 Å². The molecule has 0 aliphatic heterocycles. The molecule has 0 radical (unpaired) electrons. The van der Waals surface area contributed by atoms with E-state index in [4.69, 9.17) is 5.73 Å². The van der Waals surface area contributed by atoms with Gasteiger partial charge in [-0.15, -0.1) is 0 Å². The lowest BCUT2D eigenvalue weighted by atomic mass is 9.49. The van der Waals surface area contributed by atoms with Gasteiger partial charge in [0.05, 0.1) is 16.8 Å². The molecular weight excluding hydrogens is 216 g/mol. The Labute approximate surface area is 100 Å². The quantitative estimate of drug-likeness (QED) is 0.810. The lowest BCUT2D eigenvalue weighted by Gasteiger charge is -2.56. The summed E-state index contributed by atoms with van der Waals surface area (Å²) in [7, 11) is 0. The minimum atomic E-state index is 0.444. The monoisotopic (exact) mass is 234 g/mol. The summed E-state index contributed by atoms with van der Waals surface area (Å²) in [6, 6.07) is 0. The average Bonchev–Trinajstić information content (AvgIpc) is 2.62. The Morgan fingerprint density at radius 2 is 1.69 bits per heavy atom. The average molecular weight is 234 g/mol. The molecule has 4 aliphatic rings. The minimum Gasteiger partial charge on any atom is -0.397 e. The molecule has 4 saturated carbocycles. The first-order valence-electron chi connectivity index (χ1n) is 6.46. The molecule has 5 rings (SSSR count). The third-order valence-electron chi connectivity index (χ3n) is 5.12. The van der Waals surface area contributed by atoms with Crippen molar-refractivity contribution in [2.75, 3.05) is 5.73 Å². The summed E-state index contributed by atoms with van der Waals surface area (Å²) in [6.07, 6.45) is 10.5. The number of nitrogen functional groups attached to an aromatic ring is 1. The lowest BCUT2D eigenvalue weighted by Crippen LogP contribution is -2.48.